The summed E-state index contributed by atoms with van der Waals surface area (Å²) in [5.74, 6) is -0.116. The number of carbonyl (C=O) groups is 1. The molecule has 0 fully saturated rings. The van der Waals surface area contributed by atoms with Crippen molar-refractivity contribution < 1.29 is 14.6 Å². The van der Waals surface area contributed by atoms with Gasteiger partial charge < -0.3 is 9.84 Å². The zero-order valence-corrected chi connectivity index (χ0v) is 16.7. The summed E-state index contributed by atoms with van der Waals surface area (Å²) >= 11 is 7.55. The molecule has 2 aliphatic heterocycles. The molecule has 0 aromatic heterocycles. The Balaban J connectivity index is 1.96. The van der Waals surface area contributed by atoms with Crippen LogP contribution in [0.2, 0.25) is 5.02 Å². The molecule has 2 N–H and O–H groups in total. The van der Waals surface area contributed by atoms with Crippen molar-refractivity contribution in [3.05, 3.63) is 57.6 Å². The summed E-state index contributed by atoms with van der Waals surface area (Å²) in [4.78, 5) is 17.6. The molecular weight excluding hydrogens is 400 g/mol. The molecule has 2 aromatic carbocycles. The zero-order valence-electron chi connectivity index (χ0n) is 15.1. The number of para-hydroxylation sites is 1. The fraction of sp³-hybridized carbons (Fsp3) is 0.211. The number of hydrogen-bond acceptors (Lipinski definition) is 7. The van der Waals surface area contributed by atoms with Gasteiger partial charge in [-0.25, -0.2) is 5.01 Å². The molecule has 1 amide bonds. The number of carbonyl (C=O) groups excluding carboxylic acids is 1. The first-order valence-electron chi connectivity index (χ1n) is 8.59. The first kappa shape index (κ1) is 18.6. The van der Waals surface area contributed by atoms with Gasteiger partial charge in [0.15, 0.2) is 22.8 Å². The summed E-state index contributed by atoms with van der Waals surface area (Å²) in [6.07, 6.45) is 1.20. The van der Waals surface area contributed by atoms with Crippen LogP contribution in [-0.2, 0) is 4.79 Å². The fourth-order valence-corrected chi connectivity index (χ4v) is 3.73. The molecule has 0 saturated carbocycles. The smallest absolute Gasteiger partial charge is 0.276 e. The highest BCUT2D eigenvalue weighted by Gasteiger charge is 2.34. The second-order valence-electron chi connectivity index (χ2n) is 6.06. The maximum Gasteiger partial charge on any atom is 0.276 e. The summed E-state index contributed by atoms with van der Waals surface area (Å²) in [5.41, 5.74) is 1.06. The molecule has 9 heteroatoms. The molecule has 28 heavy (non-hydrogen) atoms. The van der Waals surface area contributed by atoms with Gasteiger partial charge in [-0.15, -0.1) is 5.10 Å². The predicted octanol–water partition coefficient (Wildman–Crippen LogP) is 1.95. The van der Waals surface area contributed by atoms with Crippen LogP contribution in [-0.4, -0.2) is 34.1 Å². The van der Waals surface area contributed by atoms with Crippen molar-refractivity contribution in [1.82, 2.24) is 10.3 Å². The van der Waals surface area contributed by atoms with Crippen molar-refractivity contribution in [2.45, 2.75) is 13.1 Å². The van der Waals surface area contributed by atoms with Crippen molar-refractivity contribution in [2.75, 3.05) is 12.9 Å². The normalized spacial score (nSPS) is 17.9. The molecule has 0 aliphatic carbocycles. The van der Waals surface area contributed by atoms with E-state index in [4.69, 9.17) is 21.3 Å². The largest absolute Gasteiger partial charge is 0.503 e. The Kier molecular flexibility index (Phi) is 4.91. The number of thioether (sulfide) groups is 1. The van der Waals surface area contributed by atoms with Crippen LogP contribution < -0.4 is 20.6 Å². The topological polar surface area (TPSA) is 86.5 Å². The number of phenolic OH excluding ortho intramolecular Hbond substituents is 1. The van der Waals surface area contributed by atoms with E-state index in [-0.39, 0.29) is 22.4 Å². The molecule has 1 unspecified atom stereocenters. The lowest BCUT2D eigenvalue weighted by Crippen LogP contribution is -2.50. The number of aromatic hydroxyl groups is 1. The van der Waals surface area contributed by atoms with E-state index in [0.29, 0.717) is 33.6 Å². The number of rotatable bonds is 3. The van der Waals surface area contributed by atoms with Crippen LogP contribution in [0.15, 0.2) is 46.5 Å². The van der Waals surface area contributed by atoms with Crippen molar-refractivity contribution in [3.8, 4) is 11.5 Å². The average Bonchev–Trinajstić information content (AvgIpc) is 2.70. The van der Waals surface area contributed by atoms with Crippen molar-refractivity contribution in [1.29, 1.82) is 0 Å². The Labute approximate surface area is 170 Å². The van der Waals surface area contributed by atoms with Crippen LogP contribution >= 0.6 is 23.4 Å². The van der Waals surface area contributed by atoms with Crippen LogP contribution in [0.4, 0.5) is 0 Å². The van der Waals surface area contributed by atoms with Gasteiger partial charge in [0.25, 0.3) is 5.91 Å². The van der Waals surface area contributed by atoms with E-state index in [1.807, 2.05) is 37.4 Å². The molecule has 0 radical (unpaired) electrons. The first-order valence-corrected chi connectivity index (χ1v) is 10.2. The van der Waals surface area contributed by atoms with Crippen molar-refractivity contribution >= 4 is 40.1 Å². The number of ether oxygens (including phenoxy) is 1. The van der Waals surface area contributed by atoms with Gasteiger partial charge in [-0.05, 0) is 31.4 Å². The summed E-state index contributed by atoms with van der Waals surface area (Å²) < 4.78 is 5.50. The third-order valence-corrected chi connectivity index (χ3v) is 5.22. The van der Waals surface area contributed by atoms with Gasteiger partial charge in [0, 0.05) is 10.8 Å². The number of hydrogen-bond donors (Lipinski definition) is 2. The highest BCUT2D eigenvalue weighted by molar-refractivity contribution is 8.13. The molecule has 7 nitrogen and oxygen atoms in total. The molecule has 0 bridgehead atoms. The summed E-state index contributed by atoms with van der Waals surface area (Å²) in [7, 11) is 0. The zero-order chi connectivity index (χ0) is 19.8. The van der Waals surface area contributed by atoms with Crippen LogP contribution in [0.1, 0.15) is 18.7 Å². The maximum atomic E-state index is 12.8. The molecule has 0 spiro atoms. The van der Waals surface area contributed by atoms with Gasteiger partial charge in [0.2, 0.25) is 0 Å². The molecule has 144 valence electrons. The maximum absolute atomic E-state index is 12.8. The summed E-state index contributed by atoms with van der Waals surface area (Å²) in [5, 5.41) is 21.1. The Morgan fingerprint density at radius 2 is 2.14 bits per heavy atom. The van der Waals surface area contributed by atoms with Gasteiger partial charge in [-0.2, -0.15) is 0 Å². The van der Waals surface area contributed by atoms with E-state index in [1.54, 1.807) is 17.1 Å². The molecule has 4 rings (SSSR count). The van der Waals surface area contributed by atoms with E-state index >= 15 is 0 Å². The van der Waals surface area contributed by atoms with E-state index in [2.05, 4.69) is 10.4 Å². The minimum Gasteiger partial charge on any atom is -0.503 e. The second-order valence-corrected chi connectivity index (χ2v) is 7.26. The standard InChI is InChI=1S/C19H17ClN4O3S/c1-3-27-14-9-10(8-12(20)16(14)25)17-21-13-7-5-4-6-11(13)15-18(26)22-19(28-2)23-24(15)17/h4-9,17,25H,3H2,1-2H3,(H,22,23,26). The summed E-state index contributed by atoms with van der Waals surface area (Å²) in [6, 6.07) is 10.7. The number of phenols is 1. The lowest BCUT2D eigenvalue weighted by atomic mass is 10.1. The predicted molar refractivity (Wildman–Crippen MR) is 109 cm³/mol. The summed E-state index contributed by atoms with van der Waals surface area (Å²) in [6.45, 7) is 2.19. The molecule has 2 aromatic rings. The molecule has 2 heterocycles. The molecule has 2 aliphatic rings. The van der Waals surface area contributed by atoms with Crippen LogP contribution in [0.25, 0.3) is 5.70 Å². The number of amidine groups is 1. The average molecular weight is 417 g/mol. The van der Waals surface area contributed by atoms with Crippen molar-refractivity contribution in [2.24, 2.45) is 10.1 Å². The number of nitrogens with zero attached hydrogens (tertiary/aromatic N) is 3. The van der Waals surface area contributed by atoms with Crippen LogP contribution in [0.5, 0.6) is 11.5 Å². The number of fused-ring (bicyclic) bond motifs is 2. The van der Waals surface area contributed by atoms with Crippen LogP contribution in [0, 0.1) is 0 Å². The van der Waals surface area contributed by atoms with Crippen LogP contribution in [0.3, 0.4) is 0 Å². The molecular formula is C19H17ClN4O3S. The highest BCUT2D eigenvalue weighted by atomic mass is 35.5. The third kappa shape index (κ3) is 3.08. The number of nitrogens with one attached hydrogen (secondary N) is 1. The lowest BCUT2D eigenvalue weighted by Gasteiger charge is -2.34. The van der Waals surface area contributed by atoms with E-state index in [1.165, 1.54) is 11.8 Å². The molecule has 0 saturated heterocycles. The third-order valence-electron chi connectivity index (χ3n) is 4.36. The SMILES string of the molecule is CCOc1cc(C2N=c3ccccc3=C3C(=O)NC(SC)=NN32)cc(Cl)c1O. The van der Waals surface area contributed by atoms with Gasteiger partial charge in [-0.1, -0.05) is 41.6 Å². The van der Waals surface area contributed by atoms with E-state index in [0.717, 1.165) is 0 Å². The number of benzene rings is 2. The van der Waals surface area contributed by atoms with E-state index in [9.17, 15) is 9.90 Å². The first-order chi connectivity index (χ1) is 13.5. The highest BCUT2D eigenvalue weighted by Crippen LogP contribution is 2.40. The lowest BCUT2D eigenvalue weighted by molar-refractivity contribution is -0.116. The number of hydrazone groups is 1. The fourth-order valence-electron chi connectivity index (χ4n) is 3.14. The van der Waals surface area contributed by atoms with Gasteiger partial charge in [0.05, 0.1) is 17.0 Å². The van der Waals surface area contributed by atoms with Gasteiger partial charge in [0.1, 0.15) is 5.70 Å². The van der Waals surface area contributed by atoms with Gasteiger partial charge in [-0.3, -0.25) is 15.1 Å². The minimum atomic E-state index is -0.629. The minimum absolute atomic E-state index is 0.127. The van der Waals surface area contributed by atoms with Crippen molar-refractivity contribution in [3.63, 3.8) is 0 Å². The van der Waals surface area contributed by atoms with E-state index < -0.39 is 6.17 Å². The Morgan fingerprint density at radius 3 is 2.89 bits per heavy atom. The Morgan fingerprint density at radius 1 is 1.36 bits per heavy atom. The molecule has 1 atom stereocenters. The monoisotopic (exact) mass is 416 g/mol. The van der Waals surface area contributed by atoms with Gasteiger partial charge >= 0.3 is 0 Å². The quantitative estimate of drug-likeness (QED) is 0.798. The second kappa shape index (κ2) is 7.37. The number of halogens is 1. The Bertz CT molecular complexity index is 1120. The Hall–Kier alpha value is -2.71. The number of amides is 1.